The summed E-state index contributed by atoms with van der Waals surface area (Å²) in [6.45, 7) is 4.70. The Morgan fingerprint density at radius 3 is 3.00 bits per heavy atom. The van der Waals surface area contributed by atoms with Crippen molar-refractivity contribution >= 4 is 11.4 Å². The molecule has 1 fully saturated rings. The Labute approximate surface area is 113 Å². The molecule has 1 aliphatic heterocycles. The van der Waals surface area contributed by atoms with Crippen LogP contribution in [0, 0.1) is 5.92 Å². The number of nitrogen functional groups attached to an aromatic ring is 1. The molecular formula is C14H20N4O. The lowest BCUT2D eigenvalue weighted by Crippen LogP contribution is -2.24. The summed E-state index contributed by atoms with van der Waals surface area (Å²) in [5.41, 5.74) is 9.12. The molecule has 3 rings (SSSR count). The highest BCUT2D eigenvalue weighted by Gasteiger charge is 2.31. The van der Waals surface area contributed by atoms with Gasteiger partial charge in [0, 0.05) is 25.2 Å². The number of aliphatic hydroxyl groups excluding tert-OH is 1. The van der Waals surface area contributed by atoms with E-state index in [1.54, 1.807) is 0 Å². The first-order chi connectivity index (χ1) is 9.19. The van der Waals surface area contributed by atoms with E-state index in [1.807, 2.05) is 0 Å². The van der Waals surface area contributed by atoms with Crippen LogP contribution in [0.4, 0.5) is 5.82 Å². The molecule has 0 spiro atoms. The molecule has 5 heteroatoms. The van der Waals surface area contributed by atoms with Gasteiger partial charge in [-0.1, -0.05) is 13.0 Å². The fourth-order valence-electron chi connectivity index (χ4n) is 3.08. The number of hydrogen-bond acceptors (Lipinski definition) is 5. The van der Waals surface area contributed by atoms with E-state index in [9.17, 15) is 5.11 Å². The number of aromatic nitrogens is 2. The van der Waals surface area contributed by atoms with Gasteiger partial charge in [0.1, 0.15) is 12.1 Å². The molecule has 0 bridgehead atoms. The summed E-state index contributed by atoms with van der Waals surface area (Å²) >= 11 is 0. The van der Waals surface area contributed by atoms with Crippen LogP contribution in [-0.4, -0.2) is 45.7 Å². The van der Waals surface area contributed by atoms with Gasteiger partial charge < -0.3 is 10.8 Å². The number of β-amino-alcohol motifs (C(OH)–C–C–N with tert-alkyl or cyclic N) is 1. The zero-order valence-electron chi connectivity index (χ0n) is 11.2. The van der Waals surface area contributed by atoms with Gasteiger partial charge >= 0.3 is 0 Å². The van der Waals surface area contributed by atoms with Crippen molar-refractivity contribution in [1.82, 2.24) is 14.9 Å². The first-order valence-corrected chi connectivity index (χ1v) is 6.88. The molecular weight excluding hydrogens is 240 g/mol. The van der Waals surface area contributed by atoms with Crippen LogP contribution in [0.25, 0.3) is 5.57 Å². The van der Waals surface area contributed by atoms with E-state index in [2.05, 4.69) is 27.9 Å². The molecule has 102 valence electrons. The van der Waals surface area contributed by atoms with Gasteiger partial charge in [0.15, 0.2) is 0 Å². The zero-order valence-corrected chi connectivity index (χ0v) is 11.2. The molecule has 0 saturated carbocycles. The molecule has 5 nitrogen and oxygen atoms in total. The molecule has 1 aliphatic carbocycles. The second-order valence-corrected chi connectivity index (χ2v) is 5.45. The summed E-state index contributed by atoms with van der Waals surface area (Å²) < 4.78 is 0. The van der Waals surface area contributed by atoms with Crippen LogP contribution in [0.2, 0.25) is 0 Å². The van der Waals surface area contributed by atoms with E-state index in [0.29, 0.717) is 11.7 Å². The Hall–Kier alpha value is -1.46. The third kappa shape index (κ3) is 2.24. The summed E-state index contributed by atoms with van der Waals surface area (Å²) in [5.74, 6) is 0.987. The van der Waals surface area contributed by atoms with E-state index < -0.39 is 0 Å². The molecule has 0 radical (unpaired) electrons. The number of allylic oxidation sites excluding steroid dienone is 1. The van der Waals surface area contributed by atoms with Crippen molar-refractivity contribution in [3.8, 4) is 0 Å². The van der Waals surface area contributed by atoms with E-state index in [-0.39, 0.29) is 6.10 Å². The van der Waals surface area contributed by atoms with Crippen LogP contribution in [-0.2, 0) is 6.42 Å². The summed E-state index contributed by atoms with van der Waals surface area (Å²) in [6.07, 6.45) is 5.37. The van der Waals surface area contributed by atoms with Crippen LogP contribution in [0.3, 0.4) is 0 Å². The third-order valence-corrected chi connectivity index (χ3v) is 4.24. The Kier molecular flexibility index (Phi) is 3.24. The Morgan fingerprint density at radius 2 is 2.26 bits per heavy atom. The predicted octanol–water partition coefficient (Wildman–Crippen LogP) is 0.701. The molecule has 19 heavy (non-hydrogen) atoms. The zero-order chi connectivity index (χ0) is 13.4. The number of rotatable bonds is 3. The highest BCUT2D eigenvalue weighted by molar-refractivity contribution is 5.74. The molecule has 2 atom stereocenters. The number of anilines is 1. The SMILES string of the molecule is CC[C@H]1CN(CC2=CCc3c(N)ncnc32)C[C@@H]1O. The van der Waals surface area contributed by atoms with Gasteiger partial charge in [0.25, 0.3) is 0 Å². The minimum atomic E-state index is -0.193. The average Bonchev–Trinajstić information content (AvgIpc) is 2.95. The number of nitrogens with two attached hydrogens (primary N) is 1. The molecule has 2 aliphatic rings. The molecule has 0 amide bonds. The number of aliphatic hydroxyl groups is 1. The topological polar surface area (TPSA) is 75.3 Å². The van der Waals surface area contributed by atoms with Crippen LogP contribution in [0.5, 0.6) is 0 Å². The summed E-state index contributed by atoms with van der Waals surface area (Å²) in [7, 11) is 0. The van der Waals surface area contributed by atoms with Crippen LogP contribution in [0.1, 0.15) is 24.6 Å². The van der Waals surface area contributed by atoms with Gasteiger partial charge in [-0.15, -0.1) is 0 Å². The maximum Gasteiger partial charge on any atom is 0.130 e. The normalized spacial score (nSPS) is 26.5. The molecule has 1 aromatic rings. The monoisotopic (exact) mass is 260 g/mol. The van der Waals surface area contributed by atoms with Gasteiger partial charge in [-0.25, -0.2) is 9.97 Å². The molecule has 1 saturated heterocycles. The number of hydrogen-bond donors (Lipinski definition) is 2. The lowest BCUT2D eigenvalue weighted by Gasteiger charge is -2.16. The maximum absolute atomic E-state index is 9.97. The molecule has 3 N–H and O–H groups in total. The summed E-state index contributed by atoms with van der Waals surface area (Å²) in [5, 5.41) is 9.97. The minimum absolute atomic E-state index is 0.193. The Morgan fingerprint density at radius 1 is 1.42 bits per heavy atom. The van der Waals surface area contributed by atoms with Crippen LogP contribution < -0.4 is 5.73 Å². The highest BCUT2D eigenvalue weighted by Crippen LogP contribution is 2.30. The second kappa shape index (κ2) is 4.90. The lowest BCUT2D eigenvalue weighted by atomic mass is 10.0. The number of fused-ring (bicyclic) bond motifs is 1. The van der Waals surface area contributed by atoms with Gasteiger partial charge in [0.05, 0.1) is 11.8 Å². The summed E-state index contributed by atoms with van der Waals surface area (Å²) in [4.78, 5) is 10.7. The molecule has 0 aromatic carbocycles. The van der Waals surface area contributed by atoms with Crippen molar-refractivity contribution in [2.45, 2.75) is 25.9 Å². The lowest BCUT2D eigenvalue weighted by molar-refractivity contribution is 0.141. The van der Waals surface area contributed by atoms with E-state index in [1.165, 1.54) is 11.9 Å². The van der Waals surface area contributed by atoms with Crippen molar-refractivity contribution in [1.29, 1.82) is 0 Å². The van der Waals surface area contributed by atoms with Gasteiger partial charge in [0.2, 0.25) is 0 Å². The summed E-state index contributed by atoms with van der Waals surface area (Å²) in [6, 6.07) is 0. The minimum Gasteiger partial charge on any atom is -0.391 e. The fourth-order valence-corrected chi connectivity index (χ4v) is 3.08. The van der Waals surface area contributed by atoms with Gasteiger partial charge in [-0.05, 0) is 24.3 Å². The highest BCUT2D eigenvalue weighted by atomic mass is 16.3. The van der Waals surface area contributed by atoms with Crippen molar-refractivity contribution in [2.75, 3.05) is 25.4 Å². The molecule has 1 aromatic heterocycles. The van der Waals surface area contributed by atoms with Gasteiger partial charge in [-0.3, -0.25) is 4.90 Å². The Bertz CT molecular complexity index is 514. The third-order valence-electron chi connectivity index (χ3n) is 4.24. The van der Waals surface area contributed by atoms with Crippen molar-refractivity contribution in [3.05, 3.63) is 23.7 Å². The number of nitrogens with zero attached hydrogens (tertiary/aromatic N) is 3. The Balaban J connectivity index is 1.72. The van der Waals surface area contributed by atoms with E-state index in [4.69, 9.17) is 5.73 Å². The fraction of sp³-hybridized carbons (Fsp3) is 0.571. The number of likely N-dealkylation sites (tertiary alicyclic amines) is 1. The van der Waals surface area contributed by atoms with E-state index >= 15 is 0 Å². The second-order valence-electron chi connectivity index (χ2n) is 5.45. The standard InChI is InChI=1S/C14H20N4O/c1-2-9-5-18(7-12(9)19)6-10-3-4-11-13(10)16-8-17-14(11)15/h3,8-9,12,19H,2,4-7H2,1H3,(H2,15,16,17)/t9-,12-/m0/s1. The average molecular weight is 260 g/mol. The van der Waals surface area contributed by atoms with Crippen LogP contribution >= 0.6 is 0 Å². The maximum atomic E-state index is 9.97. The van der Waals surface area contributed by atoms with Crippen molar-refractivity contribution in [2.24, 2.45) is 5.92 Å². The predicted molar refractivity (Wildman–Crippen MR) is 74.4 cm³/mol. The van der Waals surface area contributed by atoms with Gasteiger partial charge in [-0.2, -0.15) is 0 Å². The first kappa shape index (κ1) is 12.6. The molecule has 0 unspecified atom stereocenters. The van der Waals surface area contributed by atoms with Crippen molar-refractivity contribution < 1.29 is 5.11 Å². The van der Waals surface area contributed by atoms with E-state index in [0.717, 1.165) is 43.7 Å². The largest absolute Gasteiger partial charge is 0.391 e. The first-order valence-electron chi connectivity index (χ1n) is 6.88. The molecule has 2 heterocycles. The quantitative estimate of drug-likeness (QED) is 0.837. The van der Waals surface area contributed by atoms with Crippen LogP contribution in [0.15, 0.2) is 12.4 Å². The van der Waals surface area contributed by atoms with Crippen molar-refractivity contribution in [3.63, 3.8) is 0 Å². The smallest absolute Gasteiger partial charge is 0.130 e.